The molecular weight excluding hydrogens is 396 g/mol. The molecule has 0 aromatic rings. The Morgan fingerprint density at radius 3 is 2.58 bits per heavy atom. The largest absolute Gasteiger partial charge is 0.497 e. The van der Waals surface area contributed by atoms with Gasteiger partial charge in [0.1, 0.15) is 11.5 Å². The molecule has 0 spiro atoms. The zero-order valence-electron chi connectivity index (χ0n) is 19.1. The van der Waals surface area contributed by atoms with Crippen LogP contribution in [0.3, 0.4) is 0 Å². The molecule has 1 amide bonds. The summed E-state index contributed by atoms with van der Waals surface area (Å²) in [6.07, 6.45) is 12.0. The van der Waals surface area contributed by atoms with Crippen molar-refractivity contribution >= 4 is 5.91 Å². The normalized spacial score (nSPS) is 12.7. The van der Waals surface area contributed by atoms with Crippen molar-refractivity contribution in [1.82, 2.24) is 26.6 Å². The second-order valence-corrected chi connectivity index (χ2v) is 6.07. The number of hydrogen-bond donors (Lipinski definition) is 6. The van der Waals surface area contributed by atoms with Crippen LogP contribution in [0.25, 0.3) is 0 Å². The van der Waals surface area contributed by atoms with E-state index in [-0.39, 0.29) is 12.5 Å². The molecule has 0 aliphatic rings. The topological polar surface area (TPSA) is 122 Å². The molecule has 174 valence electrons. The summed E-state index contributed by atoms with van der Waals surface area (Å²) in [6, 6.07) is 0. The van der Waals surface area contributed by atoms with E-state index < -0.39 is 0 Å². The van der Waals surface area contributed by atoms with E-state index in [2.05, 4.69) is 33.2 Å². The second-order valence-electron chi connectivity index (χ2n) is 6.07. The Bertz CT molecular complexity index is 681. The van der Waals surface area contributed by atoms with Crippen molar-refractivity contribution in [3.05, 3.63) is 72.4 Å². The number of ether oxygens (including phenoxy) is 2. The van der Waals surface area contributed by atoms with E-state index in [1.165, 1.54) is 6.20 Å². The van der Waals surface area contributed by atoms with Crippen LogP contribution in [0.4, 0.5) is 0 Å². The quantitative estimate of drug-likeness (QED) is 0.113. The standard InChI is InChI=1S/C22H38N6O3/c1-6-20(27-13-12-25-7-2)21(14-23)28-22(29)17-31-19(15-24-4)16-26-11-9-8-10-18(3)30-5/h6,8-11,14-15,24-27H,3,7,12-13,16-17,23H2,1-2,4-5H3,(H,28,29)/b10-8-,11-9+,19-15-,20-6+,21-14+. The van der Waals surface area contributed by atoms with Gasteiger partial charge < -0.3 is 41.8 Å². The molecule has 0 aromatic carbocycles. The van der Waals surface area contributed by atoms with E-state index in [4.69, 9.17) is 15.2 Å². The van der Waals surface area contributed by atoms with E-state index in [9.17, 15) is 4.79 Å². The van der Waals surface area contributed by atoms with Gasteiger partial charge in [-0.05, 0) is 31.8 Å². The fourth-order valence-corrected chi connectivity index (χ4v) is 2.18. The van der Waals surface area contributed by atoms with Crippen molar-refractivity contribution in [2.45, 2.75) is 13.8 Å². The van der Waals surface area contributed by atoms with Crippen molar-refractivity contribution in [2.75, 3.05) is 46.9 Å². The number of methoxy groups -OCH3 is 1. The molecule has 31 heavy (non-hydrogen) atoms. The molecule has 9 nitrogen and oxygen atoms in total. The van der Waals surface area contributed by atoms with Crippen LogP contribution in [-0.2, 0) is 14.3 Å². The highest BCUT2D eigenvalue weighted by Crippen LogP contribution is 2.02. The molecule has 9 heteroatoms. The number of allylic oxidation sites excluding steroid dienone is 4. The minimum atomic E-state index is -0.317. The summed E-state index contributed by atoms with van der Waals surface area (Å²) >= 11 is 0. The van der Waals surface area contributed by atoms with Gasteiger partial charge in [-0.3, -0.25) is 4.79 Å². The number of hydrogen-bond acceptors (Lipinski definition) is 8. The first-order valence-corrected chi connectivity index (χ1v) is 10.1. The highest BCUT2D eigenvalue weighted by atomic mass is 16.5. The summed E-state index contributed by atoms with van der Waals surface area (Å²) < 4.78 is 10.5. The van der Waals surface area contributed by atoms with Gasteiger partial charge in [0.05, 0.1) is 25.0 Å². The predicted molar refractivity (Wildman–Crippen MR) is 126 cm³/mol. The van der Waals surface area contributed by atoms with Gasteiger partial charge >= 0.3 is 0 Å². The zero-order valence-corrected chi connectivity index (χ0v) is 19.1. The monoisotopic (exact) mass is 434 g/mol. The van der Waals surface area contributed by atoms with Gasteiger partial charge in [0.2, 0.25) is 0 Å². The third-order valence-corrected chi connectivity index (χ3v) is 3.73. The van der Waals surface area contributed by atoms with Crippen LogP contribution in [0.15, 0.2) is 72.4 Å². The third-order valence-electron chi connectivity index (χ3n) is 3.73. The van der Waals surface area contributed by atoms with E-state index in [1.54, 1.807) is 44.8 Å². The average molecular weight is 435 g/mol. The molecule has 0 radical (unpaired) electrons. The first kappa shape index (κ1) is 27.7. The maximum atomic E-state index is 12.3. The Balaban J connectivity index is 4.55. The molecule has 0 rings (SSSR count). The van der Waals surface area contributed by atoms with Gasteiger partial charge in [0.25, 0.3) is 5.91 Å². The van der Waals surface area contributed by atoms with Gasteiger partial charge in [0, 0.05) is 32.5 Å². The van der Waals surface area contributed by atoms with Crippen LogP contribution in [-0.4, -0.2) is 52.9 Å². The molecule has 0 unspecified atom stereocenters. The van der Waals surface area contributed by atoms with Gasteiger partial charge in [0.15, 0.2) is 6.61 Å². The Kier molecular flexibility index (Phi) is 16.7. The van der Waals surface area contributed by atoms with Crippen molar-refractivity contribution in [2.24, 2.45) is 5.73 Å². The number of nitrogens with two attached hydrogens (primary N) is 1. The SMILES string of the molecule is C=C(/C=C\C=C\NC/C(=C/NC)OCC(=O)NC(=C/N)/C(=C\C)NCCNCC)OC. The maximum absolute atomic E-state index is 12.3. The molecule has 0 saturated carbocycles. The lowest BCUT2D eigenvalue weighted by atomic mass is 10.3. The van der Waals surface area contributed by atoms with Crippen LogP contribution in [0.2, 0.25) is 0 Å². The molecule has 7 N–H and O–H groups in total. The third kappa shape index (κ3) is 14.3. The van der Waals surface area contributed by atoms with Gasteiger partial charge in [-0.1, -0.05) is 25.7 Å². The van der Waals surface area contributed by atoms with Crippen molar-refractivity contribution in [3.8, 4) is 0 Å². The number of likely N-dealkylation sites (N-methyl/N-ethyl adjacent to an activating group) is 1. The predicted octanol–water partition coefficient (Wildman–Crippen LogP) is 0.903. The smallest absolute Gasteiger partial charge is 0.262 e. The van der Waals surface area contributed by atoms with Gasteiger partial charge in [-0.25, -0.2) is 0 Å². The summed E-state index contributed by atoms with van der Waals surface area (Å²) in [5, 5.41) is 15.2. The molecule has 0 bridgehead atoms. The maximum Gasteiger partial charge on any atom is 0.262 e. The fourth-order valence-electron chi connectivity index (χ4n) is 2.18. The number of amides is 1. The van der Waals surface area contributed by atoms with Crippen LogP contribution in [0.1, 0.15) is 13.8 Å². The lowest BCUT2D eigenvalue weighted by Gasteiger charge is -2.16. The minimum Gasteiger partial charge on any atom is -0.497 e. The zero-order chi connectivity index (χ0) is 23.3. The summed E-state index contributed by atoms with van der Waals surface area (Å²) in [6.45, 7) is 10.3. The minimum absolute atomic E-state index is 0.155. The van der Waals surface area contributed by atoms with E-state index in [0.29, 0.717) is 30.3 Å². The highest BCUT2D eigenvalue weighted by molar-refractivity contribution is 5.80. The average Bonchev–Trinajstić information content (AvgIpc) is 2.78. The Hall–Kier alpha value is -3.33. The molecule has 0 aliphatic heterocycles. The molecule has 0 atom stereocenters. The molecule has 0 aromatic heterocycles. The number of carbonyl (C=O) groups excluding carboxylic acids is 1. The van der Waals surface area contributed by atoms with E-state index >= 15 is 0 Å². The molecule has 0 saturated heterocycles. The van der Waals surface area contributed by atoms with Gasteiger partial charge in [-0.15, -0.1) is 0 Å². The Labute approximate surface area is 186 Å². The lowest BCUT2D eigenvalue weighted by molar-refractivity contribution is -0.123. The van der Waals surface area contributed by atoms with Crippen molar-refractivity contribution in [1.29, 1.82) is 0 Å². The number of nitrogens with one attached hydrogen (secondary N) is 5. The van der Waals surface area contributed by atoms with Crippen molar-refractivity contribution in [3.63, 3.8) is 0 Å². The molecule has 0 fully saturated rings. The first-order valence-electron chi connectivity index (χ1n) is 10.1. The second kappa shape index (κ2) is 18.7. The highest BCUT2D eigenvalue weighted by Gasteiger charge is 2.10. The summed E-state index contributed by atoms with van der Waals surface area (Å²) in [5.74, 6) is 0.818. The lowest BCUT2D eigenvalue weighted by Crippen LogP contribution is -2.34. The number of carbonyl (C=O) groups is 1. The summed E-state index contributed by atoms with van der Waals surface area (Å²) in [5.41, 5.74) is 6.94. The fraction of sp³-hybridized carbons (Fsp3) is 0.409. The summed E-state index contributed by atoms with van der Waals surface area (Å²) in [4.78, 5) is 12.3. The van der Waals surface area contributed by atoms with E-state index in [0.717, 1.165) is 18.8 Å². The van der Waals surface area contributed by atoms with Crippen LogP contribution >= 0.6 is 0 Å². The van der Waals surface area contributed by atoms with Crippen molar-refractivity contribution < 1.29 is 14.3 Å². The molecule has 0 heterocycles. The van der Waals surface area contributed by atoms with Crippen LogP contribution in [0.5, 0.6) is 0 Å². The Morgan fingerprint density at radius 2 is 1.97 bits per heavy atom. The Morgan fingerprint density at radius 1 is 1.19 bits per heavy atom. The number of rotatable bonds is 17. The molecular formula is C22H38N6O3. The van der Waals surface area contributed by atoms with Gasteiger partial charge in [-0.2, -0.15) is 0 Å². The van der Waals surface area contributed by atoms with Crippen LogP contribution in [0, 0.1) is 0 Å². The molecule has 0 aliphatic carbocycles. The van der Waals surface area contributed by atoms with E-state index in [1.807, 2.05) is 19.9 Å². The first-order chi connectivity index (χ1) is 15.0. The summed E-state index contributed by atoms with van der Waals surface area (Å²) in [7, 11) is 3.31. The van der Waals surface area contributed by atoms with Crippen LogP contribution < -0.4 is 32.3 Å².